The average Bonchev–Trinajstić information content (AvgIpc) is 3.30. The van der Waals surface area contributed by atoms with Gasteiger partial charge in [-0.1, -0.05) is 0 Å². The van der Waals surface area contributed by atoms with Crippen molar-refractivity contribution in [2.45, 2.75) is 62.9 Å². The molecular weight excluding hydrogens is 494 g/mol. The van der Waals surface area contributed by atoms with E-state index in [1.54, 1.807) is 0 Å². The molecule has 3 amide bonds. The quantitative estimate of drug-likeness (QED) is 0.0555. The molecule has 0 saturated carbocycles. The number of rotatable bonds is 16. The van der Waals surface area contributed by atoms with E-state index >= 15 is 0 Å². The fourth-order valence-electron chi connectivity index (χ4n) is 3.08. The van der Waals surface area contributed by atoms with Crippen molar-refractivity contribution in [3.63, 3.8) is 0 Å². The average molecular weight is 528 g/mol. The number of hydrogen-bond acceptors (Lipinski definition) is 9. The lowest BCUT2D eigenvalue weighted by Crippen LogP contribution is -2.58. The highest BCUT2D eigenvalue weighted by molar-refractivity contribution is 5.95. The molecule has 0 spiro atoms. The number of carboxylic acids is 2. The number of H-pyrrole nitrogens is 1. The van der Waals surface area contributed by atoms with Crippen molar-refractivity contribution in [3.8, 4) is 0 Å². The Balaban J connectivity index is 3.00. The number of aromatic nitrogens is 2. The number of aliphatic carboxylic acids is 2. The van der Waals surface area contributed by atoms with E-state index in [4.69, 9.17) is 17.2 Å². The fourth-order valence-corrected chi connectivity index (χ4v) is 3.08. The summed E-state index contributed by atoms with van der Waals surface area (Å²) in [6, 6.07) is -5.82. The topological polar surface area (TPSA) is 301 Å². The molecule has 0 bridgehead atoms. The number of nitrogens with one attached hydrogen (secondary N) is 4. The number of aromatic amines is 1. The first-order chi connectivity index (χ1) is 17.3. The van der Waals surface area contributed by atoms with Gasteiger partial charge in [0.05, 0.1) is 24.9 Å². The Hall–Kier alpha value is -4.25. The summed E-state index contributed by atoms with van der Waals surface area (Å²) in [5.74, 6) is -5.98. The molecule has 1 rings (SSSR count). The summed E-state index contributed by atoms with van der Waals surface area (Å²) >= 11 is 0. The first-order valence-corrected chi connectivity index (χ1v) is 11.1. The standard InChI is InChI=1S/C20H33N9O8/c1-9(30)15(19(36)37)29-17(34)12(3-2-4-25-20(22)23)27-18(35)13(6-14(31)32)28-16(33)11(21)5-10-7-24-8-26-10/h7-9,11-13,15,30H,2-6,21H2,1H3,(H,24,26)(H,27,35)(H,28,33)(H,29,34)(H,31,32)(H,36,37)(H4,22,23,25). The van der Waals surface area contributed by atoms with Crippen LogP contribution >= 0.6 is 0 Å². The van der Waals surface area contributed by atoms with Crippen molar-refractivity contribution in [1.29, 1.82) is 0 Å². The second kappa shape index (κ2) is 15.0. The van der Waals surface area contributed by atoms with Gasteiger partial charge in [-0.15, -0.1) is 0 Å². The predicted octanol–water partition coefficient (Wildman–Crippen LogP) is -4.27. The molecule has 0 aromatic carbocycles. The molecule has 13 N–H and O–H groups in total. The number of hydrogen-bond donors (Lipinski definition) is 10. The molecule has 1 aromatic heterocycles. The zero-order valence-corrected chi connectivity index (χ0v) is 20.1. The number of imidazole rings is 1. The van der Waals surface area contributed by atoms with Crippen LogP contribution in [0.4, 0.5) is 0 Å². The molecule has 0 fully saturated rings. The molecule has 0 aliphatic rings. The molecule has 5 atom stereocenters. The first kappa shape index (κ1) is 30.8. The van der Waals surface area contributed by atoms with Gasteiger partial charge in [0.25, 0.3) is 0 Å². The lowest BCUT2D eigenvalue weighted by atomic mass is 10.1. The maximum absolute atomic E-state index is 12.9. The third-order valence-electron chi connectivity index (χ3n) is 4.97. The number of nitrogens with zero attached hydrogens (tertiary/aromatic N) is 2. The monoisotopic (exact) mass is 527 g/mol. The third-order valence-corrected chi connectivity index (χ3v) is 4.97. The Bertz CT molecular complexity index is 963. The maximum Gasteiger partial charge on any atom is 0.328 e. The van der Waals surface area contributed by atoms with Gasteiger partial charge in [-0.2, -0.15) is 0 Å². The van der Waals surface area contributed by atoms with E-state index in [1.807, 2.05) is 0 Å². The summed E-state index contributed by atoms with van der Waals surface area (Å²) in [5, 5.41) is 34.8. The van der Waals surface area contributed by atoms with Crippen LogP contribution in [0.5, 0.6) is 0 Å². The Morgan fingerprint density at radius 1 is 1.05 bits per heavy atom. The second-order valence-corrected chi connectivity index (χ2v) is 8.12. The smallest absolute Gasteiger partial charge is 0.328 e. The number of carbonyl (C=O) groups is 5. The molecule has 0 saturated heterocycles. The van der Waals surface area contributed by atoms with E-state index < -0.39 is 66.4 Å². The van der Waals surface area contributed by atoms with Gasteiger partial charge >= 0.3 is 11.9 Å². The zero-order chi connectivity index (χ0) is 28.1. The SMILES string of the molecule is CC(O)C(NC(=O)C(CCCN=C(N)N)NC(=O)C(CC(=O)O)NC(=O)C(N)Cc1cnc[nH]1)C(=O)O. The lowest BCUT2D eigenvalue weighted by Gasteiger charge is -2.25. The lowest BCUT2D eigenvalue weighted by molar-refractivity contribution is -0.145. The molecular formula is C20H33N9O8. The molecule has 17 nitrogen and oxygen atoms in total. The van der Waals surface area contributed by atoms with Crippen LogP contribution in [0, 0.1) is 0 Å². The van der Waals surface area contributed by atoms with E-state index in [0.717, 1.165) is 6.92 Å². The van der Waals surface area contributed by atoms with E-state index in [0.29, 0.717) is 5.69 Å². The molecule has 0 radical (unpaired) electrons. The number of carbonyl (C=O) groups excluding carboxylic acids is 3. The van der Waals surface area contributed by atoms with Gasteiger partial charge in [-0.3, -0.25) is 24.2 Å². The minimum atomic E-state index is -1.68. The van der Waals surface area contributed by atoms with Crippen molar-refractivity contribution >= 4 is 35.6 Å². The highest BCUT2D eigenvalue weighted by Gasteiger charge is 2.32. The Labute approximate surface area is 211 Å². The number of nitrogens with two attached hydrogens (primary N) is 3. The summed E-state index contributed by atoms with van der Waals surface area (Å²) in [6.07, 6.45) is 0.626. The molecule has 37 heavy (non-hydrogen) atoms. The molecule has 5 unspecified atom stereocenters. The molecule has 1 aromatic rings. The highest BCUT2D eigenvalue weighted by atomic mass is 16.4. The van der Waals surface area contributed by atoms with Gasteiger partial charge in [0, 0.05) is 24.9 Å². The van der Waals surface area contributed by atoms with Crippen molar-refractivity contribution in [2.75, 3.05) is 6.54 Å². The fraction of sp³-hybridized carbons (Fsp3) is 0.550. The number of aliphatic imine (C=N–C) groups is 1. The Kier molecular flexibility index (Phi) is 12.5. The van der Waals surface area contributed by atoms with Crippen LogP contribution < -0.4 is 33.2 Å². The number of aliphatic hydroxyl groups is 1. The summed E-state index contributed by atoms with van der Waals surface area (Å²) in [6.45, 7) is 1.22. The third kappa shape index (κ3) is 11.4. The summed E-state index contributed by atoms with van der Waals surface area (Å²) < 4.78 is 0. The van der Waals surface area contributed by atoms with E-state index in [-0.39, 0.29) is 31.8 Å². The number of carboxylic acid groups (broad SMARTS) is 2. The number of amides is 3. The van der Waals surface area contributed by atoms with Crippen molar-refractivity contribution in [1.82, 2.24) is 25.9 Å². The van der Waals surface area contributed by atoms with Crippen LogP contribution in [-0.2, 0) is 30.4 Å². The van der Waals surface area contributed by atoms with Crippen LogP contribution in [-0.4, -0.2) is 97.7 Å². The van der Waals surface area contributed by atoms with E-state index in [2.05, 4.69) is 30.9 Å². The normalized spacial score (nSPS) is 14.8. The highest BCUT2D eigenvalue weighted by Crippen LogP contribution is 2.05. The van der Waals surface area contributed by atoms with Crippen molar-refractivity contribution in [3.05, 3.63) is 18.2 Å². The molecule has 1 heterocycles. The summed E-state index contributed by atoms with van der Waals surface area (Å²) in [4.78, 5) is 71.1. The van der Waals surface area contributed by atoms with E-state index in [9.17, 15) is 39.3 Å². The molecule has 17 heteroatoms. The Morgan fingerprint density at radius 3 is 2.19 bits per heavy atom. The minimum absolute atomic E-state index is 0.0268. The predicted molar refractivity (Wildman–Crippen MR) is 128 cm³/mol. The molecule has 0 aliphatic heterocycles. The van der Waals surface area contributed by atoms with Gasteiger partial charge in [0.1, 0.15) is 12.1 Å². The van der Waals surface area contributed by atoms with E-state index in [1.165, 1.54) is 12.5 Å². The first-order valence-electron chi connectivity index (χ1n) is 11.1. The molecule has 0 aliphatic carbocycles. The minimum Gasteiger partial charge on any atom is -0.481 e. The summed E-state index contributed by atoms with van der Waals surface area (Å²) in [7, 11) is 0. The summed E-state index contributed by atoms with van der Waals surface area (Å²) in [5.41, 5.74) is 16.9. The van der Waals surface area contributed by atoms with Gasteiger partial charge in [0.15, 0.2) is 12.0 Å². The van der Waals surface area contributed by atoms with Crippen LogP contribution in [0.2, 0.25) is 0 Å². The Morgan fingerprint density at radius 2 is 1.68 bits per heavy atom. The van der Waals surface area contributed by atoms with Crippen LogP contribution in [0.15, 0.2) is 17.5 Å². The number of guanidine groups is 1. The zero-order valence-electron chi connectivity index (χ0n) is 20.1. The van der Waals surface area contributed by atoms with Crippen LogP contribution in [0.3, 0.4) is 0 Å². The van der Waals surface area contributed by atoms with Gasteiger partial charge in [0.2, 0.25) is 17.7 Å². The van der Waals surface area contributed by atoms with Gasteiger partial charge in [-0.25, -0.2) is 9.78 Å². The van der Waals surface area contributed by atoms with Crippen molar-refractivity contribution < 1.29 is 39.3 Å². The van der Waals surface area contributed by atoms with Crippen molar-refractivity contribution in [2.24, 2.45) is 22.2 Å². The second-order valence-electron chi connectivity index (χ2n) is 8.12. The van der Waals surface area contributed by atoms with Gasteiger partial charge < -0.3 is 53.5 Å². The molecule has 206 valence electrons. The maximum atomic E-state index is 12.9. The largest absolute Gasteiger partial charge is 0.481 e. The van der Waals surface area contributed by atoms with Crippen LogP contribution in [0.1, 0.15) is 31.9 Å². The van der Waals surface area contributed by atoms with Crippen LogP contribution in [0.25, 0.3) is 0 Å². The van der Waals surface area contributed by atoms with Gasteiger partial charge in [-0.05, 0) is 19.8 Å². The number of aliphatic hydroxyl groups excluding tert-OH is 1.